The van der Waals surface area contributed by atoms with Crippen molar-refractivity contribution in [2.45, 2.75) is 40.0 Å². The van der Waals surface area contributed by atoms with Crippen LogP contribution in [0, 0.1) is 11.8 Å². The third kappa shape index (κ3) is 2.07. The summed E-state index contributed by atoms with van der Waals surface area (Å²) in [7, 11) is 2.18. The van der Waals surface area contributed by atoms with Gasteiger partial charge in [0, 0.05) is 24.0 Å². The maximum Gasteiger partial charge on any atom is 0.0476 e. The van der Waals surface area contributed by atoms with Crippen molar-refractivity contribution in [1.82, 2.24) is 4.57 Å². The van der Waals surface area contributed by atoms with Crippen LogP contribution < -0.4 is 0 Å². The summed E-state index contributed by atoms with van der Waals surface area (Å²) in [5.41, 5.74) is 5.77. The van der Waals surface area contributed by atoms with Gasteiger partial charge in [0.2, 0.25) is 0 Å². The van der Waals surface area contributed by atoms with E-state index in [9.17, 15) is 0 Å². The summed E-state index contributed by atoms with van der Waals surface area (Å²) in [6, 6.07) is 0. The van der Waals surface area contributed by atoms with Crippen LogP contribution in [0.4, 0.5) is 0 Å². The summed E-state index contributed by atoms with van der Waals surface area (Å²) in [6.07, 6.45) is 10.2. The van der Waals surface area contributed by atoms with E-state index in [1.165, 1.54) is 36.2 Å². The Hall–Kier alpha value is -1.24. The van der Waals surface area contributed by atoms with Gasteiger partial charge in [-0.1, -0.05) is 32.6 Å². The SMILES string of the molecule is C=Cc1c(/C=C\C)c2c(n1C)CCC(C(C)C)C2. The Labute approximate surface area is 111 Å². The molecule has 1 heteroatoms. The van der Waals surface area contributed by atoms with Crippen molar-refractivity contribution in [2.24, 2.45) is 18.9 Å². The Morgan fingerprint density at radius 1 is 1.39 bits per heavy atom. The zero-order valence-electron chi connectivity index (χ0n) is 12.2. The number of hydrogen-bond donors (Lipinski definition) is 0. The van der Waals surface area contributed by atoms with E-state index in [-0.39, 0.29) is 0 Å². The van der Waals surface area contributed by atoms with Gasteiger partial charge in [0.1, 0.15) is 0 Å². The lowest BCUT2D eigenvalue weighted by molar-refractivity contribution is 0.339. The summed E-state index contributed by atoms with van der Waals surface area (Å²) in [4.78, 5) is 0. The lowest BCUT2D eigenvalue weighted by Crippen LogP contribution is -2.20. The van der Waals surface area contributed by atoms with Crippen LogP contribution in [0.1, 0.15) is 49.7 Å². The molecule has 1 heterocycles. The standard InChI is InChI=1S/C17H25N/c1-6-8-14-15-11-13(12(3)4)9-10-17(15)18(5)16(14)7-2/h6-8,12-13H,2,9-11H2,1,3-5H3/b8-6-. The molecule has 0 radical (unpaired) electrons. The minimum atomic E-state index is 0.781. The van der Waals surface area contributed by atoms with Crippen LogP contribution >= 0.6 is 0 Å². The van der Waals surface area contributed by atoms with Crippen LogP contribution in [0.3, 0.4) is 0 Å². The third-order valence-corrected chi connectivity index (χ3v) is 4.40. The highest BCUT2D eigenvalue weighted by Gasteiger charge is 2.27. The van der Waals surface area contributed by atoms with E-state index in [0.29, 0.717) is 0 Å². The molecule has 18 heavy (non-hydrogen) atoms. The molecule has 1 atom stereocenters. The predicted molar refractivity (Wildman–Crippen MR) is 80.6 cm³/mol. The van der Waals surface area contributed by atoms with Crippen molar-refractivity contribution >= 4 is 12.2 Å². The Balaban J connectivity index is 2.51. The lowest BCUT2D eigenvalue weighted by atomic mass is 9.79. The highest BCUT2D eigenvalue weighted by molar-refractivity contribution is 5.68. The normalized spacial score (nSPS) is 19.5. The molecule has 0 bridgehead atoms. The van der Waals surface area contributed by atoms with E-state index in [4.69, 9.17) is 0 Å². The van der Waals surface area contributed by atoms with E-state index in [0.717, 1.165) is 11.8 Å². The summed E-state index contributed by atoms with van der Waals surface area (Å²) in [6.45, 7) is 10.8. The average Bonchev–Trinajstić information content (AvgIpc) is 2.62. The molecule has 2 rings (SSSR count). The molecule has 0 saturated carbocycles. The number of hydrogen-bond acceptors (Lipinski definition) is 0. The van der Waals surface area contributed by atoms with E-state index < -0.39 is 0 Å². The molecule has 0 fully saturated rings. The van der Waals surface area contributed by atoms with Crippen LogP contribution in [0.15, 0.2) is 12.7 Å². The number of rotatable bonds is 3. The van der Waals surface area contributed by atoms with Gasteiger partial charge in [0.05, 0.1) is 0 Å². The minimum absolute atomic E-state index is 0.781. The molecular weight excluding hydrogens is 218 g/mol. The summed E-state index contributed by atoms with van der Waals surface area (Å²) >= 11 is 0. The Morgan fingerprint density at radius 3 is 2.67 bits per heavy atom. The molecule has 1 nitrogen and oxygen atoms in total. The maximum absolute atomic E-state index is 3.98. The van der Waals surface area contributed by atoms with E-state index in [1.54, 1.807) is 5.56 Å². The quantitative estimate of drug-likeness (QED) is 0.738. The van der Waals surface area contributed by atoms with Gasteiger partial charge in [-0.2, -0.15) is 0 Å². The second-order valence-corrected chi connectivity index (χ2v) is 5.73. The van der Waals surface area contributed by atoms with Crippen molar-refractivity contribution in [3.05, 3.63) is 35.2 Å². The van der Waals surface area contributed by atoms with E-state index in [2.05, 4.69) is 51.1 Å². The van der Waals surface area contributed by atoms with Gasteiger partial charge < -0.3 is 4.57 Å². The van der Waals surface area contributed by atoms with Gasteiger partial charge in [-0.3, -0.25) is 0 Å². The average molecular weight is 243 g/mol. The van der Waals surface area contributed by atoms with Gasteiger partial charge in [0.25, 0.3) is 0 Å². The molecule has 1 aliphatic rings. The molecule has 0 aromatic carbocycles. The van der Waals surface area contributed by atoms with Crippen LogP contribution in [-0.2, 0) is 19.9 Å². The van der Waals surface area contributed by atoms with Gasteiger partial charge in [-0.05, 0) is 49.7 Å². The molecule has 0 aliphatic heterocycles. The molecular formula is C17H25N. The van der Waals surface area contributed by atoms with Gasteiger partial charge in [0.15, 0.2) is 0 Å². The van der Waals surface area contributed by atoms with Crippen molar-refractivity contribution < 1.29 is 0 Å². The summed E-state index contributed by atoms with van der Waals surface area (Å²) < 4.78 is 2.34. The van der Waals surface area contributed by atoms with Gasteiger partial charge in [-0.15, -0.1) is 0 Å². The number of nitrogens with zero attached hydrogens (tertiary/aromatic N) is 1. The largest absolute Gasteiger partial charge is 0.347 e. The van der Waals surface area contributed by atoms with Crippen LogP contribution in [0.5, 0.6) is 0 Å². The van der Waals surface area contributed by atoms with Gasteiger partial charge >= 0.3 is 0 Å². The second kappa shape index (κ2) is 5.17. The monoisotopic (exact) mass is 243 g/mol. The molecule has 0 amide bonds. The molecule has 1 aromatic rings. The van der Waals surface area contributed by atoms with E-state index in [1.807, 2.05) is 6.08 Å². The number of fused-ring (bicyclic) bond motifs is 1. The topological polar surface area (TPSA) is 4.93 Å². The Bertz CT molecular complexity index is 474. The lowest BCUT2D eigenvalue weighted by Gasteiger charge is -2.26. The molecule has 1 unspecified atom stereocenters. The van der Waals surface area contributed by atoms with Crippen molar-refractivity contribution in [3.63, 3.8) is 0 Å². The Morgan fingerprint density at radius 2 is 2.11 bits per heavy atom. The fourth-order valence-electron chi connectivity index (χ4n) is 3.24. The fraction of sp³-hybridized carbons (Fsp3) is 0.529. The first kappa shape index (κ1) is 13.2. The second-order valence-electron chi connectivity index (χ2n) is 5.73. The number of aromatic nitrogens is 1. The highest BCUT2D eigenvalue weighted by Crippen LogP contribution is 2.35. The van der Waals surface area contributed by atoms with Crippen molar-refractivity contribution in [2.75, 3.05) is 0 Å². The predicted octanol–water partition coefficient (Wildman–Crippen LogP) is 4.46. The van der Waals surface area contributed by atoms with Crippen molar-refractivity contribution in [3.8, 4) is 0 Å². The Kier molecular flexibility index (Phi) is 3.79. The third-order valence-electron chi connectivity index (χ3n) is 4.40. The minimum Gasteiger partial charge on any atom is -0.347 e. The molecule has 0 spiro atoms. The smallest absolute Gasteiger partial charge is 0.0476 e. The molecule has 0 N–H and O–H groups in total. The first-order chi connectivity index (χ1) is 8.60. The highest BCUT2D eigenvalue weighted by atomic mass is 15.0. The van der Waals surface area contributed by atoms with E-state index >= 15 is 0 Å². The maximum atomic E-state index is 3.98. The first-order valence-corrected chi connectivity index (χ1v) is 7.05. The fourth-order valence-corrected chi connectivity index (χ4v) is 3.24. The van der Waals surface area contributed by atoms with Gasteiger partial charge in [-0.25, -0.2) is 0 Å². The molecule has 1 aliphatic carbocycles. The zero-order chi connectivity index (χ0) is 13.3. The van der Waals surface area contributed by atoms with Crippen LogP contribution in [0.25, 0.3) is 12.2 Å². The number of allylic oxidation sites excluding steroid dienone is 1. The molecule has 0 saturated heterocycles. The van der Waals surface area contributed by atoms with Crippen LogP contribution in [0.2, 0.25) is 0 Å². The molecule has 1 aromatic heterocycles. The van der Waals surface area contributed by atoms with Crippen LogP contribution in [-0.4, -0.2) is 4.57 Å². The summed E-state index contributed by atoms with van der Waals surface area (Å²) in [5.74, 6) is 1.62. The first-order valence-electron chi connectivity index (χ1n) is 7.05. The summed E-state index contributed by atoms with van der Waals surface area (Å²) in [5, 5.41) is 0. The molecule has 98 valence electrons. The van der Waals surface area contributed by atoms with Crippen molar-refractivity contribution in [1.29, 1.82) is 0 Å². The zero-order valence-corrected chi connectivity index (χ0v) is 12.2.